The molecule has 1 aliphatic rings. The SMILES string of the molecule is CN1C(=O)C(c2cccc(-c3cccnc3)c2)(c2ccc(OC(F)(F)F)c(C(F)(F)F)c2)N=C1N. The summed E-state index contributed by atoms with van der Waals surface area (Å²) in [6, 6.07) is 11.6. The van der Waals surface area contributed by atoms with Crippen molar-refractivity contribution >= 4 is 11.9 Å². The van der Waals surface area contributed by atoms with E-state index in [0.29, 0.717) is 23.3 Å². The molecule has 2 heterocycles. The molecule has 0 radical (unpaired) electrons. The Bertz CT molecular complexity index is 1310. The lowest BCUT2D eigenvalue weighted by molar-refractivity contribution is -0.276. The first-order valence-electron chi connectivity index (χ1n) is 9.95. The number of nitrogens with two attached hydrogens (primary N) is 1. The van der Waals surface area contributed by atoms with E-state index in [0.717, 1.165) is 11.0 Å². The van der Waals surface area contributed by atoms with Crippen LogP contribution in [0.5, 0.6) is 5.75 Å². The van der Waals surface area contributed by atoms with Gasteiger partial charge in [-0.05, 0) is 46.5 Å². The van der Waals surface area contributed by atoms with E-state index >= 15 is 0 Å². The molecule has 35 heavy (non-hydrogen) atoms. The zero-order chi connectivity index (χ0) is 25.6. The van der Waals surface area contributed by atoms with Crippen molar-refractivity contribution < 1.29 is 35.9 Å². The highest BCUT2D eigenvalue weighted by Crippen LogP contribution is 2.45. The Balaban J connectivity index is 1.96. The zero-order valence-electron chi connectivity index (χ0n) is 17.9. The standard InChI is InChI=1S/C23H16F6N4O2/c1-33-19(34)21(32-20(33)30,15-6-2-4-13(10-15)14-5-3-9-31-12-14)16-7-8-18(35-23(27,28)29)17(11-16)22(24,25)26/h2-12H,1H3,(H2,30,32). The van der Waals surface area contributed by atoms with E-state index in [4.69, 9.17) is 5.73 Å². The minimum Gasteiger partial charge on any atom is -0.405 e. The Kier molecular flexibility index (Phi) is 5.70. The van der Waals surface area contributed by atoms with Gasteiger partial charge in [0.05, 0.1) is 5.56 Å². The van der Waals surface area contributed by atoms with Crippen molar-refractivity contribution in [3.63, 3.8) is 0 Å². The Labute approximate surface area is 194 Å². The summed E-state index contributed by atoms with van der Waals surface area (Å²) >= 11 is 0. The number of guanidine groups is 1. The monoisotopic (exact) mass is 494 g/mol. The average Bonchev–Trinajstić information content (AvgIpc) is 3.03. The van der Waals surface area contributed by atoms with Gasteiger partial charge >= 0.3 is 12.5 Å². The third-order valence-corrected chi connectivity index (χ3v) is 5.44. The maximum Gasteiger partial charge on any atom is 0.573 e. The Morgan fingerprint density at radius 2 is 1.63 bits per heavy atom. The number of likely N-dealkylation sites (N-methyl/N-ethyl adjacent to an activating group) is 1. The second-order valence-corrected chi connectivity index (χ2v) is 7.62. The molecule has 0 fully saturated rings. The molecule has 0 saturated carbocycles. The van der Waals surface area contributed by atoms with Crippen molar-refractivity contribution in [3.8, 4) is 16.9 Å². The van der Waals surface area contributed by atoms with Crippen molar-refractivity contribution in [2.75, 3.05) is 7.05 Å². The molecule has 182 valence electrons. The maximum absolute atomic E-state index is 13.7. The number of rotatable bonds is 4. The van der Waals surface area contributed by atoms with Gasteiger partial charge in [0.25, 0.3) is 5.91 Å². The fourth-order valence-electron chi connectivity index (χ4n) is 3.83. The number of aliphatic imine (C=N–C) groups is 1. The van der Waals surface area contributed by atoms with Crippen LogP contribution < -0.4 is 10.5 Å². The summed E-state index contributed by atoms with van der Waals surface area (Å²) in [5.74, 6) is -2.51. The summed E-state index contributed by atoms with van der Waals surface area (Å²) in [5.41, 5.74) is 3.13. The van der Waals surface area contributed by atoms with Gasteiger partial charge in [-0.15, -0.1) is 13.2 Å². The number of amides is 1. The molecule has 0 bridgehead atoms. The number of carbonyl (C=O) groups is 1. The minimum absolute atomic E-state index is 0.161. The molecular weight excluding hydrogens is 478 g/mol. The number of hydrogen-bond acceptors (Lipinski definition) is 5. The highest BCUT2D eigenvalue weighted by Gasteiger charge is 2.51. The molecule has 3 aromatic rings. The Morgan fingerprint density at radius 3 is 2.20 bits per heavy atom. The number of nitrogens with zero attached hydrogens (tertiary/aromatic N) is 3. The molecule has 1 aromatic heterocycles. The van der Waals surface area contributed by atoms with Crippen molar-refractivity contribution in [2.24, 2.45) is 10.7 Å². The number of ether oxygens (including phenoxy) is 1. The van der Waals surface area contributed by atoms with E-state index in [1.165, 1.54) is 19.2 Å². The number of hydrogen-bond donors (Lipinski definition) is 1. The number of alkyl halides is 6. The fraction of sp³-hybridized carbons (Fsp3) is 0.174. The number of carbonyl (C=O) groups excluding carboxylic acids is 1. The van der Waals surface area contributed by atoms with E-state index < -0.39 is 35.3 Å². The fourth-order valence-corrected chi connectivity index (χ4v) is 3.83. The second-order valence-electron chi connectivity index (χ2n) is 7.62. The van der Waals surface area contributed by atoms with Crippen LogP contribution in [0.3, 0.4) is 0 Å². The van der Waals surface area contributed by atoms with E-state index in [2.05, 4.69) is 14.7 Å². The first-order chi connectivity index (χ1) is 16.3. The molecule has 6 nitrogen and oxygen atoms in total. The third-order valence-electron chi connectivity index (χ3n) is 5.44. The summed E-state index contributed by atoms with van der Waals surface area (Å²) in [6.07, 6.45) is -7.48. The van der Waals surface area contributed by atoms with Crippen LogP contribution in [-0.4, -0.2) is 35.2 Å². The van der Waals surface area contributed by atoms with E-state index in [9.17, 15) is 31.1 Å². The third kappa shape index (κ3) is 4.38. The second kappa shape index (κ2) is 8.29. The van der Waals surface area contributed by atoms with Gasteiger partial charge in [-0.2, -0.15) is 13.2 Å². The lowest BCUT2D eigenvalue weighted by Gasteiger charge is -2.28. The minimum atomic E-state index is -5.36. The van der Waals surface area contributed by atoms with Crippen molar-refractivity contribution in [1.29, 1.82) is 0 Å². The van der Waals surface area contributed by atoms with Crippen LogP contribution in [-0.2, 0) is 16.5 Å². The van der Waals surface area contributed by atoms with Crippen LogP contribution in [0.4, 0.5) is 26.3 Å². The van der Waals surface area contributed by atoms with Gasteiger partial charge < -0.3 is 10.5 Å². The van der Waals surface area contributed by atoms with Crippen LogP contribution in [0.2, 0.25) is 0 Å². The maximum atomic E-state index is 13.7. The molecule has 1 unspecified atom stereocenters. The highest BCUT2D eigenvalue weighted by molar-refractivity contribution is 6.09. The molecular formula is C23H16F6N4O2. The molecule has 0 spiro atoms. The van der Waals surface area contributed by atoms with Gasteiger partial charge in [-0.25, -0.2) is 4.99 Å². The van der Waals surface area contributed by atoms with Crippen molar-refractivity contribution in [2.45, 2.75) is 18.1 Å². The molecule has 1 atom stereocenters. The smallest absolute Gasteiger partial charge is 0.405 e. The molecule has 2 N–H and O–H groups in total. The Morgan fingerprint density at radius 1 is 0.943 bits per heavy atom. The molecule has 0 saturated heterocycles. The summed E-state index contributed by atoms with van der Waals surface area (Å²) in [5, 5.41) is 0. The van der Waals surface area contributed by atoms with Crippen LogP contribution in [0.25, 0.3) is 11.1 Å². The van der Waals surface area contributed by atoms with Crippen molar-refractivity contribution in [1.82, 2.24) is 9.88 Å². The predicted octanol–water partition coefficient (Wildman–Crippen LogP) is 4.70. The molecule has 4 rings (SSSR count). The number of halogens is 6. The normalized spacial score (nSPS) is 18.5. The van der Waals surface area contributed by atoms with Gasteiger partial charge in [0.1, 0.15) is 5.75 Å². The molecule has 12 heteroatoms. The predicted molar refractivity (Wildman–Crippen MR) is 113 cm³/mol. The van der Waals surface area contributed by atoms with Crippen LogP contribution in [0, 0.1) is 0 Å². The average molecular weight is 494 g/mol. The van der Waals surface area contributed by atoms with Gasteiger partial charge in [0.15, 0.2) is 11.5 Å². The van der Waals surface area contributed by atoms with E-state index in [1.807, 2.05) is 0 Å². The summed E-state index contributed by atoms with van der Waals surface area (Å²) in [6.45, 7) is 0. The molecule has 1 amide bonds. The molecule has 0 aliphatic carbocycles. The zero-order valence-corrected chi connectivity index (χ0v) is 17.9. The lowest BCUT2D eigenvalue weighted by atomic mass is 9.81. The lowest BCUT2D eigenvalue weighted by Crippen LogP contribution is -2.41. The summed E-state index contributed by atoms with van der Waals surface area (Å²) in [7, 11) is 1.29. The largest absolute Gasteiger partial charge is 0.573 e. The first-order valence-corrected chi connectivity index (χ1v) is 9.95. The summed E-state index contributed by atoms with van der Waals surface area (Å²) in [4.78, 5) is 22.6. The van der Waals surface area contributed by atoms with Crippen LogP contribution >= 0.6 is 0 Å². The van der Waals surface area contributed by atoms with Gasteiger partial charge in [-0.1, -0.05) is 30.3 Å². The Hall–Kier alpha value is -4.09. The van der Waals surface area contributed by atoms with E-state index in [-0.39, 0.29) is 17.1 Å². The van der Waals surface area contributed by atoms with Crippen molar-refractivity contribution in [3.05, 3.63) is 83.7 Å². The molecule has 2 aromatic carbocycles. The topological polar surface area (TPSA) is 80.8 Å². The quantitative estimate of drug-likeness (QED) is 0.534. The number of aromatic nitrogens is 1. The number of pyridine rings is 1. The highest BCUT2D eigenvalue weighted by atomic mass is 19.4. The van der Waals surface area contributed by atoms with E-state index in [1.54, 1.807) is 36.7 Å². The molecule has 1 aliphatic heterocycles. The van der Waals surface area contributed by atoms with Gasteiger partial charge in [0, 0.05) is 19.4 Å². The number of benzene rings is 2. The summed E-state index contributed by atoms with van der Waals surface area (Å²) < 4.78 is 83.0. The van der Waals surface area contributed by atoms with Crippen LogP contribution in [0.15, 0.2) is 72.0 Å². The van der Waals surface area contributed by atoms with Gasteiger partial charge in [0.2, 0.25) is 0 Å². The van der Waals surface area contributed by atoms with Gasteiger partial charge in [-0.3, -0.25) is 14.7 Å². The first kappa shape index (κ1) is 24.0. The van der Waals surface area contributed by atoms with Crippen LogP contribution in [0.1, 0.15) is 16.7 Å².